The summed E-state index contributed by atoms with van der Waals surface area (Å²) in [5.41, 5.74) is -1.49. The number of aliphatic hydroxyl groups is 1. The molecule has 0 saturated heterocycles. The number of rotatable bonds is 2. The van der Waals surface area contributed by atoms with Crippen molar-refractivity contribution in [1.82, 2.24) is 0 Å². The van der Waals surface area contributed by atoms with Gasteiger partial charge in [0.15, 0.2) is 0 Å². The van der Waals surface area contributed by atoms with E-state index in [2.05, 4.69) is 0 Å². The summed E-state index contributed by atoms with van der Waals surface area (Å²) in [4.78, 5) is 11.1. The highest BCUT2D eigenvalue weighted by Gasteiger charge is 2.34. The van der Waals surface area contributed by atoms with E-state index in [0.717, 1.165) is 13.0 Å². The van der Waals surface area contributed by atoms with Gasteiger partial charge in [0.05, 0.1) is 11.3 Å². The highest BCUT2D eigenvalue weighted by molar-refractivity contribution is 6.30. The maximum Gasteiger partial charge on any atom is 0.418 e. The molecule has 1 unspecified atom stereocenters. The minimum Gasteiger partial charge on any atom is -0.384 e. The van der Waals surface area contributed by atoms with E-state index in [4.69, 9.17) is 16.7 Å². The summed E-state index contributed by atoms with van der Waals surface area (Å²) in [5, 5.41) is 10.8. The van der Waals surface area contributed by atoms with Crippen LogP contribution in [0.4, 0.5) is 18.9 Å². The van der Waals surface area contributed by atoms with Gasteiger partial charge in [-0.1, -0.05) is 11.6 Å². The number of hydrogen-bond donors (Lipinski definition) is 2. The van der Waals surface area contributed by atoms with Crippen molar-refractivity contribution in [2.24, 2.45) is 0 Å². The molecular weight excluding hydrogens is 259 g/mol. The van der Waals surface area contributed by atoms with Crippen LogP contribution in [0.2, 0.25) is 5.02 Å². The van der Waals surface area contributed by atoms with Crippen molar-refractivity contribution in [3.05, 3.63) is 28.8 Å². The molecule has 0 aliphatic heterocycles. The van der Waals surface area contributed by atoms with Gasteiger partial charge in [-0.15, -0.1) is 0 Å². The van der Waals surface area contributed by atoms with Crippen LogP contribution in [0.3, 0.4) is 0 Å². The van der Waals surface area contributed by atoms with Crippen molar-refractivity contribution in [2.75, 3.05) is 5.32 Å². The third kappa shape index (κ3) is 3.61. The summed E-state index contributed by atoms with van der Waals surface area (Å²) in [6.45, 7) is 1.15. The molecule has 0 aliphatic carbocycles. The van der Waals surface area contributed by atoms with Crippen molar-refractivity contribution in [1.29, 1.82) is 0 Å². The first-order chi connectivity index (χ1) is 7.71. The van der Waals surface area contributed by atoms with Crippen LogP contribution >= 0.6 is 11.6 Å². The van der Waals surface area contributed by atoms with Crippen LogP contribution < -0.4 is 5.32 Å². The molecule has 0 heterocycles. The molecule has 1 amide bonds. The fourth-order valence-corrected chi connectivity index (χ4v) is 1.27. The molecule has 0 saturated carbocycles. The zero-order chi connectivity index (χ0) is 13.2. The maximum absolute atomic E-state index is 12.6. The number of amides is 1. The van der Waals surface area contributed by atoms with Gasteiger partial charge >= 0.3 is 6.18 Å². The molecule has 1 aromatic carbocycles. The first kappa shape index (κ1) is 13.8. The van der Waals surface area contributed by atoms with Crippen molar-refractivity contribution in [3.63, 3.8) is 0 Å². The molecule has 17 heavy (non-hydrogen) atoms. The Bertz CT molecular complexity index is 432. The second kappa shape index (κ2) is 4.93. The Labute approximate surface area is 100 Å². The average molecular weight is 268 g/mol. The number of aliphatic hydroxyl groups excluding tert-OH is 1. The molecule has 3 nitrogen and oxygen atoms in total. The Morgan fingerprint density at radius 1 is 1.47 bits per heavy atom. The number of anilines is 1. The monoisotopic (exact) mass is 267 g/mol. The SMILES string of the molecule is CC(O)C(=O)Nc1ccc(Cl)cc1C(F)(F)F. The standard InChI is InChI=1S/C10H9ClF3NO2/c1-5(16)9(17)15-8-3-2-6(11)4-7(8)10(12,13)14/h2-5,16H,1H3,(H,15,17). The summed E-state index contributed by atoms with van der Waals surface area (Å²) >= 11 is 5.46. The fraction of sp³-hybridized carbons (Fsp3) is 0.300. The molecule has 0 radical (unpaired) electrons. The van der Waals surface area contributed by atoms with Gasteiger partial charge in [0.1, 0.15) is 6.10 Å². The molecular formula is C10H9ClF3NO2. The van der Waals surface area contributed by atoms with Crippen LogP contribution in [0.1, 0.15) is 12.5 Å². The molecule has 0 aliphatic rings. The lowest BCUT2D eigenvalue weighted by atomic mass is 10.1. The number of carbonyl (C=O) groups excluding carboxylic acids is 1. The van der Waals surface area contributed by atoms with Crippen LogP contribution in [-0.4, -0.2) is 17.1 Å². The first-order valence-electron chi connectivity index (χ1n) is 4.57. The summed E-state index contributed by atoms with van der Waals surface area (Å²) < 4.78 is 37.8. The Morgan fingerprint density at radius 2 is 2.06 bits per heavy atom. The second-order valence-corrected chi connectivity index (χ2v) is 3.79. The van der Waals surface area contributed by atoms with E-state index < -0.39 is 29.4 Å². The molecule has 0 spiro atoms. The first-order valence-corrected chi connectivity index (χ1v) is 4.95. The van der Waals surface area contributed by atoms with Crippen molar-refractivity contribution < 1.29 is 23.1 Å². The van der Waals surface area contributed by atoms with Gasteiger partial charge < -0.3 is 10.4 Å². The number of carbonyl (C=O) groups is 1. The van der Waals surface area contributed by atoms with Crippen LogP contribution in [0, 0.1) is 0 Å². The molecule has 94 valence electrons. The van der Waals surface area contributed by atoms with Gasteiger partial charge in [-0.05, 0) is 25.1 Å². The summed E-state index contributed by atoms with van der Waals surface area (Å²) in [7, 11) is 0. The quantitative estimate of drug-likeness (QED) is 0.865. The van der Waals surface area contributed by atoms with Gasteiger partial charge in [0, 0.05) is 5.02 Å². The lowest BCUT2D eigenvalue weighted by Crippen LogP contribution is -2.26. The second-order valence-electron chi connectivity index (χ2n) is 3.35. The Morgan fingerprint density at radius 3 is 2.53 bits per heavy atom. The van der Waals surface area contributed by atoms with E-state index in [1.165, 1.54) is 6.07 Å². The van der Waals surface area contributed by atoms with Gasteiger partial charge in [-0.2, -0.15) is 13.2 Å². The lowest BCUT2D eigenvalue weighted by Gasteiger charge is -2.14. The zero-order valence-electron chi connectivity index (χ0n) is 8.68. The molecule has 1 aromatic rings. The Hall–Kier alpha value is -1.27. The van der Waals surface area contributed by atoms with Crippen LogP contribution in [0.5, 0.6) is 0 Å². The summed E-state index contributed by atoms with van der Waals surface area (Å²) in [5.74, 6) is -0.919. The third-order valence-electron chi connectivity index (χ3n) is 1.92. The molecule has 1 rings (SSSR count). The number of alkyl halides is 3. The molecule has 0 aromatic heterocycles. The molecule has 0 bridgehead atoms. The Balaban J connectivity index is 3.12. The average Bonchev–Trinajstić information content (AvgIpc) is 2.18. The minimum absolute atomic E-state index is 0.0904. The molecule has 0 fully saturated rings. The number of nitrogens with one attached hydrogen (secondary N) is 1. The van der Waals surface area contributed by atoms with Crippen molar-refractivity contribution in [3.8, 4) is 0 Å². The predicted molar refractivity (Wildman–Crippen MR) is 56.8 cm³/mol. The maximum atomic E-state index is 12.6. The predicted octanol–water partition coefficient (Wildman–Crippen LogP) is 2.68. The lowest BCUT2D eigenvalue weighted by molar-refractivity contribution is -0.137. The van der Waals surface area contributed by atoms with Gasteiger partial charge in [0.25, 0.3) is 5.91 Å². The van der Waals surface area contributed by atoms with Crippen molar-refractivity contribution >= 4 is 23.2 Å². The minimum atomic E-state index is -4.63. The van der Waals surface area contributed by atoms with Gasteiger partial charge in [-0.3, -0.25) is 4.79 Å². The zero-order valence-corrected chi connectivity index (χ0v) is 9.43. The summed E-state index contributed by atoms with van der Waals surface area (Å²) in [6, 6.07) is 2.96. The molecule has 2 N–H and O–H groups in total. The third-order valence-corrected chi connectivity index (χ3v) is 2.16. The van der Waals surface area contributed by atoms with E-state index in [0.29, 0.717) is 6.07 Å². The van der Waals surface area contributed by atoms with Crippen molar-refractivity contribution in [2.45, 2.75) is 19.2 Å². The summed E-state index contributed by atoms with van der Waals surface area (Å²) in [6.07, 6.45) is -6.03. The number of halogens is 4. The van der Waals surface area contributed by atoms with Crippen LogP contribution in [0.15, 0.2) is 18.2 Å². The largest absolute Gasteiger partial charge is 0.418 e. The topological polar surface area (TPSA) is 49.3 Å². The number of benzene rings is 1. The highest BCUT2D eigenvalue weighted by atomic mass is 35.5. The van der Waals surface area contributed by atoms with Crippen LogP contribution in [-0.2, 0) is 11.0 Å². The number of hydrogen-bond acceptors (Lipinski definition) is 2. The van der Waals surface area contributed by atoms with E-state index in [9.17, 15) is 18.0 Å². The van der Waals surface area contributed by atoms with E-state index in [-0.39, 0.29) is 5.02 Å². The van der Waals surface area contributed by atoms with E-state index in [1.807, 2.05) is 5.32 Å². The normalized spacial score (nSPS) is 13.3. The van der Waals surface area contributed by atoms with Gasteiger partial charge in [-0.25, -0.2) is 0 Å². The molecule has 7 heteroatoms. The van der Waals surface area contributed by atoms with Crippen LogP contribution in [0.25, 0.3) is 0 Å². The van der Waals surface area contributed by atoms with E-state index in [1.54, 1.807) is 0 Å². The van der Waals surface area contributed by atoms with Gasteiger partial charge in [0.2, 0.25) is 0 Å². The highest BCUT2D eigenvalue weighted by Crippen LogP contribution is 2.36. The smallest absolute Gasteiger partial charge is 0.384 e. The molecule has 1 atom stereocenters. The Kier molecular flexibility index (Phi) is 4.00. The fourth-order valence-electron chi connectivity index (χ4n) is 1.10. The van der Waals surface area contributed by atoms with E-state index >= 15 is 0 Å².